The molecule has 1 aliphatic rings. The number of nitrogens with zero attached hydrogens (tertiary/aromatic N) is 3. The van der Waals surface area contributed by atoms with Crippen molar-refractivity contribution in [1.82, 2.24) is 9.38 Å². The zero-order valence-electron chi connectivity index (χ0n) is 14.6. The molecule has 1 aromatic carbocycles. The van der Waals surface area contributed by atoms with Crippen molar-refractivity contribution in [2.45, 2.75) is 24.9 Å². The summed E-state index contributed by atoms with van der Waals surface area (Å²) in [5, 5.41) is 11.0. The van der Waals surface area contributed by atoms with Crippen LogP contribution in [0.2, 0.25) is 0 Å². The maximum Gasteiger partial charge on any atom is 0.404 e. The zero-order valence-corrected chi connectivity index (χ0v) is 14.6. The largest absolute Gasteiger partial charge is 0.445 e. The molecule has 0 radical (unpaired) electrons. The predicted octanol–water partition coefficient (Wildman–Crippen LogP) is 3.01. The van der Waals surface area contributed by atoms with Gasteiger partial charge in [0.05, 0.1) is 16.7 Å². The van der Waals surface area contributed by atoms with Gasteiger partial charge in [-0.1, -0.05) is 0 Å². The molecule has 150 valence electrons. The van der Waals surface area contributed by atoms with E-state index in [1.807, 2.05) is 0 Å². The summed E-state index contributed by atoms with van der Waals surface area (Å²) in [4.78, 5) is 26.1. The Hall–Kier alpha value is -3.63. The number of benzene rings is 1. The fourth-order valence-electron chi connectivity index (χ4n) is 3.70. The number of aromatic nitrogens is 2. The first kappa shape index (κ1) is 18.7. The van der Waals surface area contributed by atoms with Crippen molar-refractivity contribution in [3.63, 3.8) is 0 Å². The molecule has 2 heterocycles. The minimum Gasteiger partial charge on any atom is -0.445 e. The van der Waals surface area contributed by atoms with Crippen LogP contribution in [0, 0.1) is 27.6 Å². The first-order chi connectivity index (χ1) is 13.7. The number of amides is 1. The highest BCUT2D eigenvalue weighted by atomic mass is 19.2. The van der Waals surface area contributed by atoms with Crippen molar-refractivity contribution in [1.29, 1.82) is 0 Å². The molecule has 11 heteroatoms. The molecule has 2 atom stereocenters. The molecule has 29 heavy (non-hydrogen) atoms. The van der Waals surface area contributed by atoms with Gasteiger partial charge >= 0.3 is 6.09 Å². The van der Waals surface area contributed by atoms with Gasteiger partial charge in [0.25, 0.3) is 5.69 Å². The average Bonchev–Trinajstić information content (AvgIpc) is 3.00. The topological polar surface area (TPSA) is 113 Å². The molecule has 1 aliphatic carbocycles. The van der Waals surface area contributed by atoms with Crippen LogP contribution in [-0.2, 0) is 17.6 Å². The van der Waals surface area contributed by atoms with E-state index < -0.39 is 40.5 Å². The van der Waals surface area contributed by atoms with E-state index in [9.17, 15) is 28.1 Å². The van der Waals surface area contributed by atoms with Crippen molar-refractivity contribution >= 4 is 17.4 Å². The molecule has 0 aliphatic heterocycles. The second-order valence-corrected chi connectivity index (χ2v) is 6.65. The van der Waals surface area contributed by atoms with E-state index in [0.29, 0.717) is 17.5 Å². The Bertz CT molecular complexity index is 1160. The summed E-state index contributed by atoms with van der Waals surface area (Å²) in [5.41, 5.74) is 6.15. The maximum atomic E-state index is 14.4. The molecule has 0 spiro atoms. The highest BCUT2D eigenvalue weighted by Crippen LogP contribution is 2.37. The molecule has 0 bridgehead atoms. The third-order valence-corrected chi connectivity index (χ3v) is 4.97. The number of ether oxygens (including phenoxy) is 1. The molecule has 8 nitrogen and oxygen atoms in total. The molecule has 4 rings (SSSR count). The Morgan fingerprint density at radius 2 is 1.93 bits per heavy atom. The van der Waals surface area contributed by atoms with E-state index in [4.69, 9.17) is 10.5 Å². The molecule has 2 N–H and O–H groups in total. The molecular formula is C18H13F3N4O4. The highest BCUT2D eigenvalue weighted by Gasteiger charge is 2.37. The minimum atomic E-state index is -1.34. The van der Waals surface area contributed by atoms with Crippen LogP contribution in [0.3, 0.4) is 0 Å². The number of nitrogens with two attached hydrogens (primary N) is 1. The first-order valence-electron chi connectivity index (χ1n) is 8.49. The van der Waals surface area contributed by atoms with Crippen molar-refractivity contribution in [3.05, 3.63) is 75.0 Å². The van der Waals surface area contributed by atoms with Crippen LogP contribution in [0.15, 0.2) is 30.5 Å². The van der Waals surface area contributed by atoms with Crippen LogP contribution >= 0.6 is 0 Å². The molecule has 0 saturated carbocycles. The third kappa shape index (κ3) is 3.24. The second-order valence-electron chi connectivity index (χ2n) is 6.65. The number of imidazole rings is 1. The summed E-state index contributed by atoms with van der Waals surface area (Å²) >= 11 is 0. The van der Waals surface area contributed by atoms with E-state index in [-0.39, 0.29) is 29.7 Å². The summed E-state index contributed by atoms with van der Waals surface area (Å²) in [7, 11) is 0. The molecule has 0 saturated heterocycles. The third-order valence-electron chi connectivity index (χ3n) is 4.97. The summed E-state index contributed by atoms with van der Waals surface area (Å²) in [6, 6.07) is 3.71. The van der Waals surface area contributed by atoms with Crippen molar-refractivity contribution in [2.75, 3.05) is 0 Å². The van der Waals surface area contributed by atoms with E-state index in [1.54, 1.807) is 4.40 Å². The van der Waals surface area contributed by atoms with Crippen molar-refractivity contribution < 1.29 is 27.6 Å². The SMILES string of the molecule is NC(=O)O[C@@H]1Cc2c(nc3cc([N+](=O)[O-])ccn23)C[C@@H]1c1cc(F)c(F)cc1F. The van der Waals surface area contributed by atoms with Crippen LogP contribution in [0.4, 0.5) is 23.7 Å². The van der Waals surface area contributed by atoms with E-state index in [1.165, 1.54) is 18.3 Å². The highest BCUT2D eigenvalue weighted by molar-refractivity contribution is 5.65. The fourth-order valence-corrected chi connectivity index (χ4v) is 3.70. The smallest absolute Gasteiger partial charge is 0.404 e. The number of carbonyl (C=O) groups excluding carboxylic acids is 1. The number of halogens is 3. The van der Waals surface area contributed by atoms with Crippen LogP contribution in [0.25, 0.3) is 5.65 Å². The number of rotatable bonds is 3. The number of hydrogen-bond acceptors (Lipinski definition) is 5. The summed E-state index contributed by atoms with van der Waals surface area (Å²) in [6.45, 7) is 0. The molecule has 1 amide bonds. The monoisotopic (exact) mass is 406 g/mol. The molecule has 2 aromatic heterocycles. The summed E-state index contributed by atoms with van der Waals surface area (Å²) < 4.78 is 48.1. The second kappa shape index (κ2) is 6.76. The van der Waals surface area contributed by atoms with Gasteiger partial charge in [-0.15, -0.1) is 0 Å². The Labute approximate surface area is 160 Å². The lowest BCUT2D eigenvalue weighted by Crippen LogP contribution is -2.35. The number of nitro groups is 1. The number of primary amides is 1. The molecular weight excluding hydrogens is 393 g/mol. The van der Waals surface area contributed by atoms with Gasteiger partial charge in [0, 0.05) is 42.8 Å². The normalized spacial score (nSPS) is 18.4. The number of fused-ring (bicyclic) bond motifs is 3. The van der Waals surface area contributed by atoms with E-state index in [2.05, 4.69) is 4.98 Å². The van der Waals surface area contributed by atoms with Gasteiger partial charge in [-0.05, 0) is 11.6 Å². The lowest BCUT2D eigenvalue weighted by Gasteiger charge is -2.31. The van der Waals surface area contributed by atoms with Gasteiger partial charge in [-0.3, -0.25) is 10.1 Å². The van der Waals surface area contributed by atoms with Crippen LogP contribution in [0.1, 0.15) is 22.9 Å². The first-order valence-corrected chi connectivity index (χ1v) is 8.49. The van der Waals surface area contributed by atoms with Gasteiger partial charge in [0.1, 0.15) is 17.6 Å². The number of carbonyl (C=O) groups is 1. The van der Waals surface area contributed by atoms with E-state index >= 15 is 0 Å². The Balaban J connectivity index is 1.82. The Morgan fingerprint density at radius 3 is 2.62 bits per heavy atom. The standard InChI is InChI=1S/C18H13F3N4O4/c19-11-6-13(21)12(20)4-9(11)10-5-14-15(7-16(10)29-18(22)26)24-2-1-8(25(27)28)3-17(24)23-14/h1-4,6,10,16H,5,7H2,(H2,22,26)/t10-,16-/m1/s1. The zero-order chi connectivity index (χ0) is 20.9. The fraction of sp³-hybridized carbons (Fsp3) is 0.222. The predicted molar refractivity (Wildman–Crippen MR) is 92.8 cm³/mol. The Morgan fingerprint density at radius 1 is 1.21 bits per heavy atom. The maximum absolute atomic E-state index is 14.4. The van der Waals surface area contributed by atoms with Crippen LogP contribution in [-0.4, -0.2) is 26.5 Å². The quantitative estimate of drug-likeness (QED) is 0.408. The lowest BCUT2D eigenvalue weighted by molar-refractivity contribution is -0.384. The van der Waals surface area contributed by atoms with Gasteiger partial charge in [0.2, 0.25) is 0 Å². The average molecular weight is 406 g/mol. The number of hydrogen-bond donors (Lipinski definition) is 1. The molecule has 0 unspecified atom stereocenters. The Kier molecular flexibility index (Phi) is 4.36. The summed E-state index contributed by atoms with van der Waals surface area (Å²) in [5.74, 6) is -4.44. The minimum absolute atomic E-state index is 0.0325. The van der Waals surface area contributed by atoms with Crippen LogP contribution < -0.4 is 5.73 Å². The van der Waals surface area contributed by atoms with E-state index in [0.717, 1.165) is 6.07 Å². The van der Waals surface area contributed by atoms with Crippen molar-refractivity contribution in [3.8, 4) is 0 Å². The molecule has 0 fully saturated rings. The molecule has 3 aromatic rings. The number of pyridine rings is 1. The lowest BCUT2D eigenvalue weighted by atomic mass is 9.81. The van der Waals surface area contributed by atoms with Gasteiger partial charge in [-0.25, -0.2) is 22.9 Å². The summed E-state index contributed by atoms with van der Waals surface area (Å²) in [6.07, 6.45) is -0.519. The van der Waals surface area contributed by atoms with Crippen molar-refractivity contribution in [2.24, 2.45) is 5.73 Å². The van der Waals surface area contributed by atoms with Gasteiger partial charge in [-0.2, -0.15) is 0 Å². The van der Waals surface area contributed by atoms with Gasteiger partial charge in [0.15, 0.2) is 11.6 Å². The van der Waals surface area contributed by atoms with Crippen LogP contribution in [0.5, 0.6) is 0 Å². The van der Waals surface area contributed by atoms with Gasteiger partial charge < -0.3 is 14.9 Å².